The third kappa shape index (κ3) is 5.96. The van der Waals surface area contributed by atoms with Crippen molar-refractivity contribution in [1.82, 2.24) is 5.32 Å². The summed E-state index contributed by atoms with van der Waals surface area (Å²) in [7, 11) is 3.33. The maximum absolute atomic E-state index is 5.73. The van der Waals surface area contributed by atoms with Gasteiger partial charge in [-0.05, 0) is 24.1 Å². The van der Waals surface area contributed by atoms with Gasteiger partial charge in [-0.1, -0.05) is 6.07 Å². The van der Waals surface area contributed by atoms with E-state index >= 15 is 0 Å². The van der Waals surface area contributed by atoms with Crippen LogP contribution in [-0.4, -0.2) is 34.0 Å². The van der Waals surface area contributed by atoms with Gasteiger partial charge in [-0.2, -0.15) is 0 Å². The molecule has 0 saturated carbocycles. The van der Waals surface area contributed by atoms with E-state index < -0.39 is 0 Å². The molecule has 0 unspecified atom stereocenters. The number of ether oxygens (including phenoxy) is 3. The first kappa shape index (κ1) is 16.4. The minimum Gasteiger partial charge on any atom is -0.493 e. The van der Waals surface area contributed by atoms with Gasteiger partial charge < -0.3 is 19.5 Å². The van der Waals surface area contributed by atoms with Gasteiger partial charge in [0.25, 0.3) is 0 Å². The summed E-state index contributed by atoms with van der Waals surface area (Å²) in [6.45, 7) is 2.89. The molecule has 1 aromatic rings. The summed E-state index contributed by atoms with van der Waals surface area (Å²) in [5.41, 5.74) is 1.15. The molecule has 0 aliphatic rings. The summed E-state index contributed by atoms with van der Waals surface area (Å²) in [4.78, 5) is 0. The summed E-state index contributed by atoms with van der Waals surface area (Å²) in [5.74, 6) is 4.10. The Kier molecular flexibility index (Phi) is 8.28. The van der Waals surface area contributed by atoms with Crippen molar-refractivity contribution in [1.29, 1.82) is 0 Å². The van der Waals surface area contributed by atoms with E-state index in [0.29, 0.717) is 13.2 Å². The smallest absolute Gasteiger partial charge is 0.161 e. The van der Waals surface area contributed by atoms with E-state index in [4.69, 9.17) is 20.6 Å². The van der Waals surface area contributed by atoms with E-state index in [1.54, 1.807) is 14.2 Å². The van der Waals surface area contributed by atoms with Crippen molar-refractivity contribution < 1.29 is 14.2 Å². The Balaban J connectivity index is 2.54. The van der Waals surface area contributed by atoms with Crippen molar-refractivity contribution in [2.75, 3.05) is 34.0 Å². The molecule has 0 aliphatic heterocycles. The lowest BCUT2D eigenvalue weighted by atomic mass is 10.2. The standard InChI is InChI=1S/C16H23NO3/c1-4-5-6-10-20-16-12-14(7-8-15(16)19-3)13-17-9-11-18-2/h1,7-8,12,17H,5-6,9-11,13H2,2-3H3. The highest BCUT2D eigenvalue weighted by atomic mass is 16.5. The average Bonchev–Trinajstić information content (AvgIpc) is 2.48. The second-order valence-corrected chi connectivity index (χ2v) is 4.31. The van der Waals surface area contributed by atoms with Gasteiger partial charge in [-0.3, -0.25) is 0 Å². The van der Waals surface area contributed by atoms with E-state index in [0.717, 1.165) is 43.0 Å². The Morgan fingerprint density at radius 1 is 1.20 bits per heavy atom. The molecule has 20 heavy (non-hydrogen) atoms. The maximum atomic E-state index is 5.73. The molecule has 110 valence electrons. The van der Waals surface area contributed by atoms with Gasteiger partial charge in [0.2, 0.25) is 0 Å². The zero-order valence-corrected chi connectivity index (χ0v) is 12.3. The molecule has 4 nitrogen and oxygen atoms in total. The molecule has 1 N–H and O–H groups in total. The molecule has 0 radical (unpaired) electrons. The summed E-state index contributed by atoms with van der Waals surface area (Å²) >= 11 is 0. The Hall–Kier alpha value is -1.70. The Labute approximate surface area is 121 Å². The molecule has 0 aliphatic carbocycles. The van der Waals surface area contributed by atoms with Crippen LogP contribution in [0.25, 0.3) is 0 Å². The SMILES string of the molecule is C#CCCCOc1cc(CNCCOC)ccc1OC. The molecular weight excluding hydrogens is 254 g/mol. The highest BCUT2D eigenvalue weighted by Crippen LogP contribution is 2.28. The predicted octanol–water partition coefficient (Wildman–Crippen LogP) is 2.22. The monoisotopic (exact) mass is 277 g/mol. The lowest BCUT2D eigenvalue weighted by Crippen LogP contribution is -2.18. The van der Waals surface area contributed by atoms with Crippen LogP contribution in [0.5, 0.6) is 11.5 Å². The highest BCUT2D eigenvalue weighted by Gasteiger charge is 2.05. The fourth-order valence-electron chi connectivity index (χ4n) is 1.71. The first-order valence-electron chi connectivity index (χ1n) is 6.74. The van der Waals surface area contributed by atoms with Gasteiger partial charge in [0.1, 0.15) is 0 Å². The van der Waals surface area contributed by atoms with Crippen molar-refractivity contribution in [3.8, 4) is 23.8 Å². The third-order valence-corrected chi connectivity index (χ3v) is 2.76. The number of hydrogen-bond donors (Lipinski definition) is 1. The first-order valence-corrected chi connectivity index (χ1v) is 6.74. The van der Waals surface area contributed by atoms with Crippen molar-refractivity contribution in [2.24, 2.45) is 0 Å². The van der Waals surface area contributed by atoms with Gasteiger partial charge in [0.05, 0.1) is 20.3 Å². The summed E-state index contributed by atoms with van der Waals surface area (Å²) < 4.78 is 16.0. The molecule has 0 atom stereocenters. The van der Waals surface area contributed by atoms with E-state index in [-0.39, 0.29) is 0 Å². The number of unbranched alkanes of at least 4 members (excludes halogenated alkanes) is 1. The predicted molar refractivity (Wildman–Crippen MR) is 80.1 cm³/mol. The van der Waals surface area contributed by atoms with Gasteiger partial charge in [-0.25, -0.2) is 0 Å². The molecule has 0 amide bonds. The van der Waals surface area contributed by atoms with Crippen molar-refractivity contribution in [2.45, 2.75) is 19.4 Å². The summed E-state index contributed by atoms with van der Waals surface area (Å²) in [6, 6.07) is 5.94. The molecular formula is C16H23NO3. The number of benzene rings is 1. The molecule has 4 heteroatoms. The van der Waals surface area contributed by atoms with Gasteiger partial charge in [0, 0.05) is 26.6 Å². The molecule has 0 spiro atoms. The molecule has 0 aromatic heterocycles. The van der Waals surface area contributed by atoms with Crippen molar-refractivity contribution >= 4 is 0 Å². The highest BCUT2D eigenvalue weighted by molar-refractivity contribution is 5.42. The van der Waals surface area contributed by atoms with Crippen LogP contribution in [0, 0.1) is 12.3 Å². The van der Waals surface area contributed by atoms with Crippen LogP contribution in [0.15, 0.2) is 18.2 Å². The van der Waals surface area contributed by atoms with Crippen LogP contribution >= 0.6 is 0 Å². The van der Waals surface area contributed by atoms with Crippen LogP contribution in [0.2, 0.25) is 0 Å². The Morgan fingerprint density at radius 3 is 2.75 bits per heavy atom. The lowest BCUT2D eigenvalue weighted by molar-refractivity contribution is 0.199. The fraction of sp³-hybridized carbons (Fsp3) is 0.500. The molecule has 0 saturated heterocycles. The van der Waals surface area contributed by atoms with Crippen molar-refractivity contribution in [3.63, 3.8) is 0 Å². The topological polar surface area (TPSA) is 39.7 Å². The zero-order chi connectivity index (χ0) is 14.6. The fourth-order valence-corrected chi connectivity index (χ4v) is 1.71. The van der Waals surface area contributed by atoms with Crippen LogP contribution in [0.4, 0.5) is 0 Å². The number of rotatable bonds is 10. The molecule has 0 heterocycles. The maximum Gasteiger partial charge on any atom is 0.161 e. The van der Waals surface area contributed by atoms with Crippen LogP contribution in [0.1, 0.15) is 18.4 Å². The molecule has 0 fully saturated rings. The second-order valence-electron chi connectivity index (χ2n) is 4.31. The summed E-state index contributed by atoms with van der Waals surface area (Å²) in [6.07, 6.45) is 6.78. The average molecular weight is 277 g/mol. The zero-order valence-electron chi connectivity index (χ0n) is 12.3. The molecule has 1 rings (SSSR count). The molecule has 1 aromatic carbocycles. The van der Waals surface area contributed by atoms with Crippen LogP contribution in [-0.2, 0) is 11.3 Å². The minimum absolute atomic E-state index is 0.598. The second kappa shape index (κ2) is 10.1. The van der Waals surface area contributed by atoms with Crippen molar-refractivity contribution in [3.05, 3.63) is 23.8 Å². The summed E-state index contributed by atoms with van der Waals surface area (Å²) in [5, 5.41) is 3.30. The number of hydrogen-bond acceptors (Lipinski definition) is 4. The Bertz CT molecular complexity index is 426. The van der Waals surface area contributed by atoms with E-state index in [1.807, 2.05) is 18.2 Å². The van der Waals surface area contributed by atoms with Gasteiger partial charge in [-0.15, -0.1) is 12.3 Å². The minimum atomic E-state index is 0.598. The van der Waals surface area contributed by atoms with Crippen LogP contribution in [0.3, 0.4) is 0 Å². The molecule has 0 bridgehead atoms. The number of nitrogens with one attached hydrogen (secondary N) is 1. The van der Waals surface area contributed by atoms with Crippen LogP contribution < -0.4 is 14.8 Å². The van der Waals surface area contributed by atoms with E-state index in [2.05, 4.69) is 11.2 Å². The Morgan fingerprint density at radius 2 is 2.05 bits per heavy atom. The first-order chi connectivity index (χ1) is 9.81. The number of methoxy groups -OCH3 is 2. The quantitative estimate of drug-likeness (QED) is 0.526. The third-order valence-electron chi connectivity index (χ3n) is 2.76. The van der Waals surface area contributed by atoms with E-state index in [1.165, 1.54) is 0 Å². The van der Waals surface area contributed by atoms with Gasteiger partial charge >= 0.3 is 0 Å². The van der Waals surface area contributed by atoms with Gasteiger partial charge in [0.15, 0.2) is 11.5 Å². The lowest BCUT2D eigenvalue weighted by Gasteiger charge is -2.12. The normalized spacial score (nSPS) is 10.1. The van der Waals surface area contributed by atoms with E-state index in [9.17, 15) is 0 Å². The largest absolute Gasteiger partial charge is 0.493 e. The number of terminal acetylenes is 1.